The molecule has 0 aliphatic heterocycles. The Labute approximate surface area is 240 Å². The number of allylic oxidation sites excluding steroid dienone is 4. The van der Waals surface area contributed by atoms with Crippen molar-refractivity contribution in [3.8, 4) is 0 Å². The first-order chi connectivity index (χ1) is 18.7. The van der Waals surface area contributed by atoms with Gasteiger partial charge in [0.05, 0.1) is 0 Å². The van der Waals surface area contributed by atoms with Gasteiger partial charge in [0.2, 0.25) is 0 Å². The maximum Gasteiger partial charge on any atom is 0.185 e. The first-order valence-electron chi connectivity index (χ1n) is 12.7. The zero-order valence-corrected chi connectivity index (χ0v) is 24.2. The summed E-state index contributed by atoms with van der Waals surface area (Å²) in [7, 11) is 0. The summed E-state index contributed by atoms with van der Waals surface area (Å²) in [4.78, 5) is 29.6. The van der Waals surface area contributed by atoms with E-state index in [2.05, 4.69) is 48.6 Å². The molecule has 0 aromatic carbocycles. The maximum atomic E-state index is 12.5. The third kappa shape index (κ3) is 7.14. The number of carbonyl (C=O) groups excluding carboxylic acids is 2. The Bertz CT molecular complexity index is 1240. The van der Waals surface area contributed by atoms with E-state index in [9.17, 15) is 9.59 Å². The number of Topliss-reactive ketones (excluding diaryl/α,β-unsaturated/α-hetero) is 2. The molecule has 192 valence electrons. The van der Waals surface area contributed by atoms with Gasteiger partial charge in [0.1, 0.15) is 0 Å². The average molecular weight is 573 g/mol. The summed E-state index contributed by atoms with van der Waals surface area (Å²) in [6, 6.07) is 16.3. The Morgan fingerprint density at radius 2 is 0.711 bits per heavy atom. The average Bonchev–Trinajstić information content (AvgIpc) is 3.74. The summed E-state index contributed by atoms with van der Waals surface area (Å²) >= 11 is 6.72. The van der Waals surface area contributed by atoms with Gasteiger partial charge in [-0.3, -0.25) is 9.59 Å². The molecule has 6 heteroatoms. The molecular formula is C32H28O2S4. The molecular weight excluding hydrogens is 545 g/mol. The number of hydrogen-bond donors (Lipinski definition) is 0. The van der Waals surface area contributed by atoms with Gasteiger partial charge in [-0.25, -0.2) is 0 Å². The molecule has 2 aliphatic carbocycles. The van der Waals surface area contributed by atoms with Gasteiger partial charge < -0.3 is 0 Å². The van der Waals surface area contributed by atoms with Crippen LogP contribution in [0.4, 0.5) is 0 Å². The molecule has 0 amide bonds. The molecule has 2 aliphatic rings. The van der Waals surface area contributed by atoms with Crippen LogP contribution in [0, 0.1) is 0 Å². The second-order valence-electron chi connectivity index (χ2n) is 9.11. The van der Waals surface area contributed by atoms with Crippen LogP contribution >= 0.6 is 45.3 Å². The Hall–Kier alpha value is -2.90. The predicted molar refractivity (Wildman–Crippen MR) is 167 cm³/mol. The molecule has 2 saturated carbocycles. The van der Waals surface area contributed by atoms with E-state index < -0.39 is 0 Å². The molecule has 4 aromatic heterocycles. The highest BCUT2D eigenvalue weighted by Crippen LogP contribution is 2.31. The van der Waals surface area contributed by atoms with Crippen LogP contribution in [-0.2, 0) is 9.59 Å². The van der Waals surface area contributed by atoms with Crippen LogP contribution in [0.3, 0.4) is 0 Å². The van der Waals surface area contributed by atoms with Gasteiger partial charge in [-0.2, -0.15) is 0 Å². The molecule has 2 nitrogen and oxygen atoms in total. The van der Waals surface area contributed by atoms with E-state index in [0.717, 1.165) is 60.8 Å². The molecule has 0 N–H and O–H groups in total. The highest BCUT2D eigenvalue weighted by atomic mass is 32.1. The predicted octanol–water partition coefficient (Wildman–Crippen LogP) is 10.1. The van der Waals surface area contributed by atoms with Crippen molar-refractivity contribution in [3.63, 3.8) is 0 Å². The largest absolute Gasteiger partial charge is 0.289 e. The lowest BCUT2D eigenvalue weighted by Gasteiger charge is -2.16. The van der Waals surface area contributed by atoms with Crippen LogP contribution in [0.15, 0.2) is 92.3 Å². The van der Waals surface area contributed by atoms with E-state index in [1.165, 1.54) is 19.5 Å². The lowest BCUT2D eigenvalue weighted by Crippen LogP contribution is -2.11. The van der Waals surface area contributed by atoms with Gasteiger partial charge >= 0.3 is 0 Å². The first-order valence-corrected chi connectivity index (χ1v) is 16.2. The number of carbonyl (C=O) groups is 2. The van der Waals surface area contributed by atoms with Crippen LogP contribution < -0.4 is 0 Å². The Morgan fingerprint density at radius 3 is 0.921 bits per heavy atom. The van der Waals surface area contributed by atoms with Crippen molar-refractivity contribution in [2.24, 2.45) is 0 Å². The molecule has 38 heavy (non-hydrogen) atoms. The fraction of sp³-hybridized carbons (Fsp3) is 0.188. The fourth-order valence-electron chi connectivity index (χ4n) is 4.54. The molecule has 4 aromatic rings. The van der Waals surface area contributed by atoms with Crippen molar-refractivity contribution in [1.29, 1.82) is 0 Å². The minimum absolute atomic E-state index is 0.230. The van der Waals surface area contributed by atoms with Crippen LogP contribution in [0.1, 0.15) is 58.0 Å². The minimum Gasteiger partial charge on any atom is -0.289 e. The quantitative estimate of drug-likeness (QED) is 0.228. The number of thiophene rings is 4. The van der Waals surface area contributed by atoms with Gasteiger partial charge in [-0.05, 0) is 109 Å². The number of rotatable bonds is 4. The highest BCUT2D eigenvalue weighted by molar-refractivity contribution is 7.11. The lowest BCUT2D eigenvalue weighted by atomic mass is 9.88. The van der Waals surface area contributed by atoms with Crippen molar-refractivity contribution in [1.82, 2.24) is 0 Å². The summed E-state index contributed by atoms with van der Waals surface area (Å²) in [6.07, 6.45) is 13.9. The maximum absolute atomic E-state index is 12.5. The third-order valence-electron chi connectivity index (χ3n) is 6.39. The van der Waals surface area contributed by atoms with Gasteiger partial charge in [0, 0.05) is 41.8 Å². The highest BCUT2D eigenvalue weighted by Gasteiger charge is 2.21. The molecule has 0 unspecified atom stereocenters. The normalized spacial score (nSPS) is 20.3. The number of hydrogen-bond acceptors (Lipinski definition) is 6. The summed E-state index contributed by atoms with van der Waals surface area (Å²) in [5, 5.41) is 8.17. The van der Waals surface area contributed by atoms with Crippen LogP contribution in [0.5, 0.6) is 0 Å². The van der Waals surface area contributed by atoms with Gasteiger partial charge in [0.15, 0.2) is 11.6 Å². The summed E-state index contributed by atoms with van der Waals surface area (Å²) in [5.41, 5.74) is 3.82. The molecule has 0 bridgehead atoms. The SMILES string of the molecule is O=C1/C(=C/c2cccs2)CCC/C1=C\c1cccs1.O=C1/C(=C/c2cccs2)CCC/C1=C\c1cccs1. The van der Waals surface area contributed by atoms with Crippen LogP contribution in [0.2, 0.25) is 0 Å². The fourth-order valence-corrected chi connectivity index (χ4v) is 7.26. The van der Waals surface area contributed by atoms with Crippen molar-refractivity contribution in [2.45, 2.75) is 38.5 Å². The van der Waals surface area contributed by atoms with Crippen molar-refractivity contribution >= 4 is 81.2 Å². The Balaban J connectivity index is 0.000000155. The van der Waals surface area contributed by atoms with E-state index >= 15 is 0 Å². The van der Waals surface area contributed by atoms with E-state index in [-0.39, 0.29) is 11.6 Å². The van der Waals surface area contributed by atoms with Gasteiger partial charge in [0.25, 0.3) is 0 Å². The number of ketones is 2. The van der Waals surface area contributed by atoms with Gasteiger partial charge in [-0.1, -0.05) is 24.3 Å². The van der Waals surface area contributed by atoms with E-state index in [4.69, 9.17) is 0 Å². The summed E-state index contributed by atoms with van der Waals surface area (Å²) in [6.45, 7) is 0. The topological polar surface area (TPSA) is 34.1 Å². The first kappa shape index (κ1) is 26.7. The second kappa shape index (κ2) is 13.3. The smallest absolute Gasteiger partial charge is 0.185 e. The second-order valence-corrected chi connectivity index (χ2v) is 13.0. The van der Waals surface area contributed by atoms with E-state index in [1.807, 2.05) is 45.8 Å². The summed E-state index contributed by atoms with van der Waals surface area (Å²) < 4.78 is 0. The molecule has 2 fully saturated rings. The van der Waals surface area contributed by atoms with Crippen LogP contribution in [-0.4, -0.2) is 11.6 Å². The van der Waals surface area contributed by atoms with Crippen molar-refractivity contribution < 1.29 is 9.59 Å². The zero-order chi connectivity index (χ0) is 26.2. The molecule has 0 atom stereocenters. The molecule has 4 heterocycles. The Morgan fingerprint density at radius 1 is 0.447 bits per heavy atom. The van der Waals surface area contributed by atoms with Crippen molar-refractivity contribution in [3.05, 3.63) is 112 Å². The Kier molecular flexibility index (Phi) is 9.31. The monoisotopic (exact) mass is 572 g/mol. The van der Waals surface area contributed by atoms with Crippen LogP contribution in [0.25, 0.3) is 24.3 Å². The van der Waals surface area contributed by atoms with Gasteiger partial charge in [-0.15, -0.1) is 45.3 Å². The molecule has 0 radical (unpaired) electrons. The van der Waals surface area contributed by atoms with E-state index in [1.54, 1.807) is 45.3 Å². The van der Waals surface area contributed by atoms with Crippen molar-refractivity contribution in [2.75, 3.05) is 0 Å². The summed E-state index contributed by atoms with van der Waals surface area (Å²) in [5.74, 6) is 0.459. The molecule has 0 saturated heterocycles. The molecule has 0 spiro atoms. The zero-order valence-electron chi connectivity index (χ0n) is 20.9. The lowest BCUT2D eigenvalue weighted by molar-refractivity contribution is -0.113. The standard InChI is InChI=1S/2C16H14OS2/c2*17-16-12(10-14-6-2-8-18-14)4-1-5-13(16)11-15-7-3-9-19-15/h2*2-3,6-11H,1,4-5H2/b2*12-10+,13-11+. The molecule has 6 rings (SSSR count). The third-order valence-corrected chi connectivity index (χ3v) is 9.67. The minimum atomic E-state index is 0.230. The van der Waals surface area contributed by atoms with E-state index in [0.29, 0.717) is 0 Å².